The van der Waals surface area contributed by atoms with E-state index in [-0.39, 0.29) is 5.75 Å². The van der Waals surface area contributed by atoms with E-state index in [0.717, 1.165) is 16.7 Å². The van der Waals surface area contributed by atoms with Crippen molar-refractivity contribution in [1.29, 1.82) is 0 Å². The van der Waals surface area contributed by atoms with Gasteiger partial charge in [0, 0.05) is 0 Å². The first-order chi connectivity index (χ1) is 8.11. The molecule has 86 valence electrons. The summed E-state index contributed by atoms with van der Waals surface area (Å²) in [4.78, 5) is 10.6. The fraction of sp³-hybridized carbons (Fsp3) is 0.133. The normalized spacial score (nSPS) is 10.2. The summed E-state index contributed by atoms with van der Waals surface area (Å²) >= 11 is 0. The molecule has 0 unspecified atom stereocenters. The van der Waals surface area contributed by atoms with E-state index in [0.29, 0.717) is 11.8 Å². The number of phenols is 1. The first kappa shape index (κ1) is 11.4. The number of aromatic hydroxyl groups is 1. The maximum atomic E-state index is 10.6. The Morgan fingerprint density at radius 1 is 1.06 bits per heavy atom. The Morgan fingerprint density at radius 2 is 1.82 bits per heavy atom. The smallest absolute Gasteiger partial charge is 0.153 e. The highest BCUT2D eigenvalue weighted by Crippen LogP contribution is 2.28. The molecule has 0 radical (unpaired) electrons. The van der Waals surface area contributed by atoms with Gasteiger partial charge in [0.2, 0.25) is 0 Å². The van der Waals surface area contributed by atoms with Gasteiger partial charge in [-0.1, -0.05) is 29.8 Å². The minimum Gasteiger partial charge on any atom is -0.507 e. The highest BCUT2D eigenvalue weighted by atomic mass is 16.3. The van der Waals surface area contributed by atoms with E-state index in [9.17, 15) is 9.90 Å². The molecule has 0 amide bonds. The maximum absolute atomic E-state index is 10.6. The van der Waals surface area contributed by atoms with Crippen LogP contribution in [-0.4, -0.2) is 11.4 Å². The predicted molar refractivity (Wildman–Crippen MR) is 68.4 cm³/mol. The maximum Gasteiger partial charge on any atom is 0.153 e. The number of benzene rings is 2. The molecule has 0 spiro atoms. The molecule has 17 heavy (non-hydrogen) atoms. The summed E-state index contributed by atoms with van der Waals surface area (Å²) in [5, 5.41) is 9.68. The molecule has 1 N–H and O–H groups in total. The number of hydrogen-bond donors (Lipinski definition) is 1. The van der Waals surface area contributed by atoms with Crippen LogP contribution in [0.15, 0.2) is 36.4 Å². The lowest BCUT2D eigenvalue weighted by Crippen LogP contribution is -1.87. The summed E-state index contributed by atoms with van der Waals surface area (Å²) in [7, 11) is 0. The van der Waals surface area contributed by atoms with Crippen LogP contribution in [0.2, 0.25) is 0 Å². The van der Waals surface area contributed by atoms with Gasteiger partial charge in [-0.3, -0.25) is 4.79 Å². The number of hydrogen-bond acceptors (Lipinski definition) is 2. The van der Waals surface area contributed by atoms with Crippen molar-refractivity contribution < 1.29 is 9.90 Å². The number of carbonyl (C=O) groups is 1. The van der Waals surface area contributed by atoms with Crippen LogP contribution in [0.1, 0.15) is 21.5 Å². The van der Waals surface area contributed by atoms with Gasteiger partial charge in [0.05, 0.1) is 5.56 Å². The molecule has 0 aliphatic heterocycles. The Morgan fingerprint density at radius 3 is 2.47 bits per heavy atom. The van der Waals surface area contributed by atoms with E-state index in [1.807, 2.05) is 19.9 Å². The van der Waals surface area contributed by atoms with Crippen molar-refractivity contribution in [1.82, 2.24) is 0 Å². The van der Waals surface area contributed by atoms with E-state index in [1.165, 1.54) is 5.56 Å². The van der Waals surface area contributed by atoms with Gasteiger partial charge in [-0.2, -0.15) is 0 Å². The highest BCUT2D eigenvalue weighted by molar-refractivity contribution is 5.82. The van der Waals surface area contributed by atoms with E-state index in [4.69, 9.17) is 0 Å². The van der Waals surface area contributed by atoms with Crippen LogP contribution in [0.25, 0.3) is 11.1 Å². The molecule has 0 heterocycles. The third kappa shape index (κ3) is 2.21. The molecule has 0 saturated carbocycles. The summed E-state index contributed by atoms with van der Waals surface area (Å²) in [6, 6.07) is 11.3. The first-order valence-corrected chi connectivity index (χ1v) is 5.47. The van der Waals surface area contributed by atoms with Gasteiger partial charge >= 0.3 is 0 Å². The zero-order chi connectivity index (χ0) is 12.4. The molecule has 2 aromatic rings. The number of carbonyl (C=O) groups excluding carboxylic acids is 1. The van der Waals surface area contributed by atoms with Crippen molar-refractivity contribution in [3.05, 3.63) is 53.1 Å². The van der Waals surface area contributed by atoms with E-state index in [1.54, 1.807) is 12.1 Å². The van der Waals surface area contributed by atoms with Crippen molar-refractivity contribution in [3.8, 4) is 16.9 Å². The van der Waals surface area contributed by atoms with E-state index >= 15 is 0 Å². The summed E-state index contributed by atoms with van der Waals surface area (Å²) in [5.74, 6) is 0.0263. The fourth-order valence-electron chi connectivity index (χ4n) is 1.86. The zero-order valence-electron chi connectivity index (χ0n) is 9.90. The molecule has 0 aliphatic rings. The number of rotatable bonds is 2. The van der Waals surface area contributed by atoms with Crippen molar-refractivity contribution in [3.63, 3.8) is 0 Å². The Kier molecular flexibility index (Phi) is 2.96. The molecule has 0 fully saturated rings. The Balaban J connectivity index is 2.57. The second-order valence-electron chi connectivity index (χ2n) is 4.21. The van der Waals surface area contributed by atoms with Crippen LogP contribution in [0.5, 0.6) is 5.75 Å². The Labute approximate surface area is 101 Å². The molecule has 0 bridgehead atoms. The Hall–Kier alpha value is -2.09. The SMILES string of the molecule is Cc1ccc(C)c(-c2ccc(C=O)c(O)c2)c1. The lowest BCUT2D eigenvalue weighted by molar-refractivity contribution is 0.112. The van der Waals surface area contributed by atoms with Gasteiger partial charge in [-0.05, 0) is 42.7 Å². The standard InChI is InChI=1S/C15H14O2/c1-10-3-4-11(2)14(7-10)12-5-6-13(9-16)15(17)8-12/h3-9,17H,1-2H3. The van der Waals surface area contributed by atoms with Gasteiger partial charge in [0.25, 0.3) is 0 Å². The predicted octanol–water partition coefficient (Wildman–Crippen LogP) is 3.49. The lowest BCUT2D eigenvalue weighted by atomic mass is 9.97. The third-order valence-electron chi connectivity index (χ3n) is 2.86. The monoisotopic (exact) mass is 226 g/mol. The second-order valence-corrected chi connectivity index (χ2v) is 4.21. The molecule has 2 aromatic carbocycles. The first-order valence-electron chi connectivity index (χ1n) is 5.47. The van der Waals surface area contributed by atoms with Gasteiger partial charge in [-0.15, -0.1) is 0 Å². The number of aldehydes is 1. The van der Waals surface area contributed by atoms with Crippen LogP contribution in [-0.2, 0) is 0 Å². The molecule has 0 aromatic heterocycles. The minimum absolute atomic E-state index is 0.0263. The largest absolute Gasteiger partial charge is 0.507 e. The van der Waals surface area contributed by atoms with Crippen LogP contribution >= 0.6 is 0 Å². The average molecular weight is 226 g/mol. The fourth-order valence-corrected chi connectivity index (χ4v) is 1.86. The lowest BCUT2D eigenvalue weighted by Gasteiger charge is -2.08. The van der Waals surface area contributed by atoms with Crippen molar-refractivity contribution in [2.24, 2.45) is 0 Å². The third-order valence-corrected chi connectivity index (χ3v) is 2.86. The molecule has 2 heteroatoms. The van der Waals surface area contributed by atoms with Crippen LogP contribution < -0.4 is 0 Å². The second kappa shape index (κ2) is 4.42. The average Bonchev–Trinajstić information content (AvgIpc) is 2.32. The van der Waals surface area contributed by atoms with Gasteiger partial charge in [-0.25, -0.2) is 0 Å². The van der Waals surface area contributed by atoms with Crippen molar-refractivity contribution in [2.75, 3.05) is 0 Å². The summed E-state index contributed by atoms with van der Waals surface area (Å²) in [5.41, 5.74) is 4.64. The van der Waals surface area contributed by atoms with Crippen LogP contribution in [0.4, 0.5) is 0 Å². The molecule has 2 rings (SSSR count). The van der Waals surface area contributed by atoms with Crippen molar-refractivity contribution in [2.45, 2.75) is 13.8 Å². The molecule has 2 nitrogen and oxygen atoms in total. The molecule has 0 aliphatic carbocycles. The quantitative estimate of drug-likeness (QED) is 0.796. The molecular weight excluding hydrogens is 212 g/mol. The minimum atomic E-state index is 0.0263. The van der Waals surface area contributed by atoms with Gasteiger partial charge < -0.3 is 5.11 Å². The summed E-state index contributed by atoms with van der Waals surface area (Å²) in [6.45, 7) is 4.06. The van der Waals surface area contributed by atoms with Gasteiger partial charge in [0.1, 0.15) is 5.75 Å². The zero-order valence-corrected chi connectivity index (χ0v) is 9.90. The molecule has 0 atom stereocenters. The molecular formula is C15H14O2. The number of aryl methyl sites for hydroxylation is 2. The highest BCUT2D eigenvalue weighted by Gasteiger charge is 2.06. The topological polar surface area (TPSA) is 37.3 Å². The molecule has 0 saturated heterocycles. The van der Waals surface area contributed by atoms with E-state index < -0.39 is 0 Å². The van der Waals surface area contributed by atoms with Crippen LogP contribution in [0, 0.1) is 13.8 Å². The van der Waals surface area contributed by atoms with Crippen LogP contribution in [0.3, 0.4) is 0 Å². The summed E-state index contributed by atoms with van der Waals surface area (Å²) < 4.78 is 0. The van der Waals surface area contributed by atoms with Crippen molar-refractivity contribution >= 4 is 6.29 Å². The summed E-state index contributed by atoms with van der Waals surface area (Å²) in [6.07, 6.45) is 0.655. The Bertz CT molecular complexity index is 571. The van der Waals surface area contributed by atoms with Gasteiger partial charge in [0.15, 0.2) is 6.29 Å². The van der Waals surface area contributed by atoms with E-state index in [2.05, 4.69) is 18.2 Å². The number of phenolic OH excluding ortho intramolecular Hbond substituents is 1.